The van der Waals surface area contributed by atoms with Crippen LogP contribution in [0.2, 0.25) is 0 Å². The molecule has 0 unspecified atom stereocenters. The molecule has 0 bridgehead atoms. The second-order valence-corrected chi connectivity index (χ2v) is 9.36. The van der Waals surface area contributed by atoms with Gasteiger partial charge in [0, 0.05) is 11.1 Å². The first kappa shape index (κ1) is 33.8. The molecule has 0 atom stereocenters. The molecule has 0 heterocycles. The molecule has 43 heavy (non-hydrogen) atoms. The lowest BCUT2D eigenvalue weighted by atomic mass is 10.2. The molecule has 12 nitrogen and oxygen atoms in total. The zero-order valence-electron chi connectivity index (χ0n) is 22.9. The predicted octanol–water partition coefficient (Wildman–Crippen LogP) is 3.21. The molecule has 0 aliphatic heterocycles. The van der Waals surface area contributed by atoms with Crippen molar-refractivity contribution < 1.29 is 27.1 Å². The van der Waals surface area contributed by atoms with Crippen molar-refractivity contribution in [1.29, 1.82) is 0 Å². The van der Waals surface area contributed by atoms with Gasteiger partial charge in [-0.3, -0.25) is 29.3 Å². The van der Waals surface area contributed by atoms with Crippen LogP contribution in [0, 0.1) is 0 Å². The van der Waals surface area contributed by atoms with Gasteiger partial charge >= 0.3 is 10.4 Å². The number of hydrogen-bond acceptors (Lipinski definition) is 6. The summed E-state index contributed by atoms with van der Waals surface area (Å²) in [5.74, 6) is -0.264. The molecular formula is C30H32N6O6S. The summed E-state index contributed by atoms with van der Waals surface area (Å²) in [6, 6.07) is 37.2. The fraction of sp³-hybridized carbons (Fsp3) is 0.0667. The molecule has 0 saturated carbocycles. The fourth-order valence-electron chi connectivity index (χ4n) is 3.15. The maximum absolute atomic E-state index is 11.8. The molecule has 4 aromatic rings. The van der Waals surface area contributed by atoms with Gasteiger partial charge in [-0.15, -0.1) is 0 Å². The first-order chi connectivity index (χ1) is 20.5. The van der Waals surface area contributed by atoms with Gasteiger partial charge in [0.15, 0.2) is 11.9 Å². The summed E-state index contributed by atoms with van der Waals surface area (Å²) in [6.07, 6.45) is 0. The van der Waals surface area contributed by atoms with Crippen LogP contribution in [0.15, 0.2) is 131 Å². The van der Waals surface area contributed by atoms with E-state index in [0.29, 0.717) is 24.2 Å². The Morgan fingerprint density at radius 1 is 0.558 bits per heavy atom. The number of carbonyl (C=O) groups excluding carboxylic acids is 2. The summed E-state index contributed by atoms with van der Waals surface area (Å²) in [5, 5.41) is 5.11. The normalized spacial score (nSPS) is 11.1. The number of nitrogens with zero attached hydrogens (tertiary/aromatic N) is 2. The predicted molar refractivity (Wildman–Crippen MR) is 166 cm³/mol. The van der Waals surface area contributed by atoms with Crippen LogP contribution in [-0.4, -0.2) is 41.3 Å². The van der Waals surface area contributed by atoms with Gasteiger partial charge in [0.05, 0.1) is 13.1 Å². The molecule has 4 rings (SSSR count). The van der Waals surface area contributed by atoms with Gasteiger partial charge in [-0.25, -0.2) is 9.98 Å². The van der Waals surface area contributed by atoms with E-state index in [9.17, 15) is 9.59 Å². The highest BCUT2D eigenvalue weighted by Gasteiger charge is 2.06. The molecular weight excluding hydrogens is 572 g/mol. The van der Waals surface area contributed by atoms with Crippen LogP contribution < -0.4 is 22.1 Å². The zero-order chi connectivity index (χ0) is 31.5. The Hall–Kier alpha value is -5.37. The van der Waals surface area contributed by atoms with Crippen LogP contribution in [0.25, 0.3) is 0 Å². The Balaban J connectivity index is 0.000000260. The van der Waals surface area contributed by atoms with Gasteiger partial charge in [0.25, 0.3) is 11.8 Å². The lowest BCUT2D eigenvalue weighted by Gasteiger charge is -2.04. The minimum absolute atomic E-state index is 0.123. The second-order valence-electron chi connectivity index (χ2n) is 8.46. The Bertz CT molecular complexity index is 1470. The highest BCUT2D eigenvalue weighted by Crippen LogP contribution is 2.02. The van der Waals surface area contributed by atoms with E-state index in [4.69, 9.17) is 29.0 Å². The van der Waals surface area contributed by atoms with Crippen LogP contribution in [0.1, 0.15) is 31.8 Å². The first-order valence-corrected chi connectivity index (χ1v) is 14.0. The van der Waals surface area contributed by atoms with Crippen molar-refractivity contribution in [3.8, 4) is 0 Å². The molecule has 0 fully saturated rings. The van der Waals surface area contributed by atoms with E-state index in [1.165, 1.54) is 0 Å². The maximum atomic E-state index is 11.8. The van der Waals surface area contributed by atoms with E-state index >= 15 is 0 Å². The van der Waals surface area contributed by atoms with Gasteiger partial charge in [-0.2, -0.15) is 8.42 Å². The summed E-state index contributed by atoms with van der Waals surface area (Å²) < 4.78 is 31.6. The summed E-state index contributed by atoms with van der Waals surface area (Å²) in [5.41, 5.74) is 14.5. The third kappa shape index (κ3) is 15.9. The minimum Gasteiger partial charge on any atom is -0.370 e. The number of amides is 2. The lowest BCUT2D eigenvalue weighted by Crippen LogP contribution is -2.36. The van der Waals surface area contributed by atoms with Gasteiger partial charge in [-0.1, -0.05) is 97.1 Å². The monoisotopic (exact) mass is 604 g/mol. The van der Waals surface area contributed by atoms with Crippen LogP contribution >= 0.6 is 0 Å². The van der Waals surface area contributed by atoms with Crippen molar-refractivity contribution in [2.75, 3.05) is 0 Å². The van der Waals surface area contributed by atoms with E-state index in [0.717, 1.165) is 11.1 Å². The van der Waals surface area contributed by atoms with Gasteiger partial charge in [0.1, 0.15) is 0 Å². The molecule has 4 aromatic carbocycles. The largest absolute Gasteiger partial charge is 0.394 e. The Morgan fingerprint density at radius 2 is 0.814 bits per heavy atom. The molecule has 13 heteroatoms. The number of nitrogens with two attached hydrogens (primary N) is 2. The van der Waals surface area contributed by atoms with Gasteiger partial charge in [-0.05, 0) is 35.4 Å². The number of nitrogens with one attached hydrogen (secondary N) is 2. The molecule has 0 spiro atoms. The highest BCUT2D eigenvalue weighted by atomic mass is 32.3. The van der Waals surface area contributed by atoms with E-state index in [1.54, 1.807) is 48.5 Å². The number of guanidine groups is 2. The molecule has 0 aliphatic carbocycles. The molecule has 224 valence electrons. The summed E-state index contributed by atoms with van der Waals surface area (Å²) in [6.45, 7) is 0.892. The molecule has 0 aliphatic rings. The molecule has 0 saturated heterocycles. The van der Waals surface area contributed by atoms with Crippen molar-refractivity contribution in [1.82, 2.24) is 10.6 Å². The fourth-order valence-corrected chi connectivity index (χ4v) is 3.15. The summed E-state index contributed by atoms with van der Waals surface area (Å²) in [4.78, 5) is 31.8. The van der Waals surface area contributed by atoms with Crippen LogP contribution in [-0.2, 0) is 23.5 Å². The number of hydrogen-bond donors (Lipinski definition) is 6. The average Bonchev–Trinajstić information content (AvgIpc) is 3.00. The number of carbonyl (C=O) groups is 2. The van der Waals surface area contributed by atoms with E-state index in [-0.39, 0.29) is 23.7 Å². The van der Waals surface area contributed by atoms with Gasteiger partial charge < -0.3 is 11.5 Å². The molecule has 0 radical (unpaired) electrons. The lowest BCUT2D eigenvalue weighted by molar-refractivity contribution is 0.0968. The van der Waals surface area contributed by atoms with E-state index in [2.05, 4.69) is 20.6 Å². The Labute approximate surface area is 249 Å². The third-order valence-corrected chi connectivity index (χ3v) is 5.10. The van der Waals surface area contributed by atoms with Crippen molar-refractivity contribution in [3.63, 3.8) is 0 Å². The SMILES string of the molecule is NC(=NCc1ccccc1)NC(=O)c1ccccc1.NC(=NCc1ccccc1)NC(=O)c1ccccc1.O=S(=O)(O)O. The Kier molecular flexibility index (Phi) is 14.3. The quantitative estimate of drug-likeness (QED) is 0.109. The van der Waals surface area contributed by atoms with Crippen molar-refractivity contribution >= 4 is 34.1 Å². The van der Waals surface area contributed by atoms with Crippen molar-refractivity contribution in [2.24, 2.45) is 21.5 Å². The smallest absolute Gasteiger partial charge is 0.370 e. The molecule has 8 N–H and O–H groups in total. The van der Waals surface area contributed by atoms with Crippen LogP contribution in [0.4, 0.5) is 0 Å². The number of aliphatic imine (C=N–C) groups is 2. The summed E-state index contributed by atoms with van der Waals surface area (Å²) >= 11 is 0. The Morgan fingerprint density at radius 3 is 1.09 bits per heavy atom. The topological polar surface area (TPSA) is 210 Å². The van der Waals surface area contributed by atoms with Crippen LogP contribution in [0.5, 0.6) is 0 Å². The van der Waals surface area contributed by atoms with Gasteiger partial charge in [0.2, 0.25) is 0 Å². The number of benzene rings is 4. The minimum atomic E-state index is -4.67. The molecule has 2 amide bonds. The highest BCUT2D eigenvalue weighted by molar-refractivity contribution is 7.79. The van der Waals surface area contributed by atoms with E-state index < -0.39 is 10.4 Å². The molecule has 0 aromatic heterocycles. The zero-order valence-corrected chi connectivity index (χ0v) is 23.8. The second kappa shape index (κ2) is 18.1. The van der Waals surface area contributed by atoms with Crippen molar-refractivity contribution in [2.45, 2.75) is 13.1 Å². The summed E-state index contributed by atoms with van der Waals surface area (Å²) in [7, 11) is -4.67. The maximum Gasteiger partial charge on any atom is 0.394 e. The standard InChI is InChI=1S/2C15H15N3O.H2O4S/c2*16-15(17-11-12-7-3-1-4-8-12)18-14(19)13-9-5-2-6-10-13;1-5(2,3)4/h2*1-10H,11H2,(H3,16,17,18,19);(H2,1,2,3,4). The average molecular weight is 605 g/mol. The van der Waals surface area contributed by atoms with Crippen molar-refractivity contribution in [3.05, 3.63) is 144 Å². The van der Waals surface area contributed by atoms with E-state index in [1.807, 2.05) is 72.8 Å². The number of rotatable bonds is 6. The van der Waals surface area contributed by atoms with Crippen LogP contribution in [0.3, 0.4) is 0 Å². The first-order valence-electron chi connectivity index (χ1n) is 12.6. The third-order valence-electron chi connectivity index (χ3n) is 5.10.